The summed E-state index contributed by atoms with van der Waals surface area (Å²) in [5.74, 6) is -1.30. The maximum Gasteiger partial charge on any atom is 0.277 e. The Bertz CT molecular complexity index is 1060. The number of hydrogen-bond donors (Lipinski definition) is 1. The van der Waals surface area contributed by atoms with Gasteiger partial charge in [-0.05, 0) is 60.9 Å². The van der Waals surface area contributed by atoms with Crippen molar-refractivity contribution in [2.45, 2.75) is 44.2 Å². The smallest absolute Gasteiger partial charge is 0.277 e. The Morgan fingerprint density at radius 3 is 2.44 bits per heavy atom. The molecule has 2 amide bonds. The molecule has 4 rings (SSSR count). The first kappa shape index (κ1) is 21.6. The maximum absolute atomic E-state index is 14.2. The number of nitrogens with zero attached hydrogens (tertiary/aromatic N) is 3. The number of amides is 2. The molecule has 2 heterocycles. The van der Waals surface area contributed by atoms with E-state index in [0.717, 1.165) is 32.1 Å². The highest BCUT2D eigenvalue weighted by Gasteiger charge is 2.35. The number of anilines is 1. The molecule has 0 aliphatic heterocycles. The predicted molar refractivity (Wildman–Crippen MR) is 119 cm³/mol. The van der Waals surface area contributed by atoms with Crippen molar-refractivity contribution in [3.05, 3.63) is 90.3 Å². The van der Waals surface area contributed by atoms with Gasteiger partial charge in [0.05, 0.1) is 0 Å². The molecule has 0 bridgehead atoms. The molecule has 1 aromatic carbocycles. The fourth-order valence-electron chi connectivity index (χ4n) is 4.11. The largest absolute Gasteiger partial charge is 0.351 e. The van der Waals surface area contributed by atoms with Crippen LogP contribution in [0.5, 0.6) is 0 Å². The number of nitrogens with one attached hydrogen (secondary N) is 1. The lowest BCUT2D eigenvalue weighted by atomic mass is 9.94. The Kier molecular flexibility index (Phi) is 6.84. The number of halogens is 1. The molecular formula is C25H25FN4O2. The minimum absolute atomic E-state index is 0.0555. The highest BCUT2D eigenvalue weighted by molar-refractivity contribution is 6.09. The molecule has 0 saturated heterocycles. The lowest BCUT2D eigenvalue weighted by Crippen LogP contribution is -2.47. The van der Waals surface area contributed by atoms with Gasteiger partial charge in [0.15, 0.2) is 0 Å². The molecule has 1 aliphatic carbocycles. The Labute approximate surface area is 186 Å². The molecular weight excluding hydrogens is 407 g/mol. The van der Waals surface area contributed by atoms with E-state index in [2.05, 4.69) is 15.3 Å². The minimum atomic E-state index is -1.00. The fourth-order valence-corrected chi connectivity index (χ4v) is 4.11. The van der Waals surface area contributed by atoms with Crippen LogP contribution in [0.2, 0.25) is 0 Å². The maximum atomic E-state index is 14.2. The molecule has 1 fully saturated rings. The second-order valence-electron chi connectivity index (χ2n) is 7.90. The van der Waals surface area contributed by atoms with Gasteiger partial charge in [-0.25, -0.2) is 4.39 Å². The number of carbonyl (C=O) groups excluding carboxylic acids is 2. The molecule has 0 radical (unpaired) electrons. The summed E-state index contributed by atoms with van der Waals surface area (Å²) in [6.07, 6.45) is 9.76. The van der Waals surface area contributed by atoms with Crippen LogP contribution in [0, 0.1) is 5.82 Å². The normalized spacial score (nSPS) is 15.0. The number of carbonyl (C=O) groups is 2. The molecule has 6 nitrogen and oxygen atoms in total. The van der Waals surface area contributed by atoms with E-state index in [1.807, 2.05) is 0 Å². The van der Waals surface area contributed by atoms with Crippen LogP contribution in [0.4, 0.5) is 10.1 Å². The second-order valence-corrected chi connectivity index (χ2v) is 7.90. The Morgan fingerprint density at radius 1 is 0.969 bits per heavy atom. The molecule has 1 aliphatic rings. The summed E-state index contributed by atoms with van der Waals surface area (Å²) in [6, 6.07) is 13.1. The van der Waals surface area contributed by atoms with Crippen molar-refractivity contribution in [1.82, 2.24) is 15.3 Å². The predicted octanol–water partition coefficient (Wildman–Crippen LogP) is 4.45. The molecule has 1 saturated carbocycles. The molecule has 1 atom stereocenters. The number of hydrogen-bond acceptors (Lipinski definition) is 4. The first-order valence-electron chi connectivity index (χ1n) is 10.8. The van der Waals surface area contributed by atoms with Crippen molar-refractivity contribution in [2.75, 3.05) is 4.90 Å². The van der Waals surface area contributed by atoms with Crippen LogP contribution in [0.1, 0.15) is 54.2 Å². The van der Waals surface area contributed by atoms with Gasteiger partial charge in [-0.1, -0.05) is 31.4 Å². The van der Waals surface area contributed by atoms with Crippen LogP contribution in [0.3, 0.4) is 0 Å². The topological polar surface area (TPSA) is 75.2 Å². The number of benzene rings is 1. The summed E-state index contributed by atoms with van der Waals surface area (Å²) in [7, 11) is 0. The van der Waals surface area contributed by atoms with Gasteiger partial charge in [-0.2, -0.15) is 0 Å². The molecule has 1 unspecified atom stereocenters. The van der Waals surface area contributed by atoms with Gasteiger partial charge in [-0.15, -0.1) is 0 Å². The average molecular weight is 432 g/mol. The Morgan fingerprint density at radius 2 is 1.75 bits per heavy atom. The van der Waals surface area contributed by atoms with Crippen LogP contribution in [0.15, 0.2) is 73.2 Å². The van der Waals surface area contributed by atoms with Crippen LogP contribution in [-0.2, 0) is 4.79 Å². The summed E-state index contributed by atoms with van der Waals surface area (Å²) >= 11 is 0. The summed E-state index contributed by atoms with van der Waals surface area (Å²) in [6.45, 7) is 0. The lowest BCUT2D eigenvalue weighted by Gasteiger charge is -2.33. The molecule has 0 spiro atoms. The third kappa shape index (κ3) is 4.99. The van der Waals surface area contributed by atoms with Crippen LogP contribution < -0.4 is 10.2 Å². The first-order valence-corrected chi connectivity index (χ1v) is 10.8. The third-order valence-corrected chi connectivity index (χ3v) is 5.67. The zero-order valence-electron chi connectivity index (χ0n) is 17.7. The van der Waals surface area contributed by atoms with Gasteiger partial charge >= 0.3 is 0 Å². The second kappa shape index (κ2) is 10.1. The van der Waals surface area contributed by atoms with Crippen molar-refractivity contribution >= 4 is 17.5 Å². The van der Waals surface area contributed by atoms with E-state index < -0.39 is 17.8 Å². The van der Waals surface area contributed by atoms with E-state index in [-0.39, 0.29) is 23.3 Å². The third-order valence-electron chi connectivity index (χ3n) is 5.67. The number of rotatable bonds is 6. The van der Waals surface area contributed by atoms with Gasteiger partial charge in [0.25, 0.3) is 5.91 Å². The molecule has 164 valence electrons. The standard InChI is InChI=1S/C25H25FN4O2/c26-19-7-6-10-21(17-19)30(25(32)22-11-4-5-14-28-22)23(18-12-15-27-16-13-18)24(31)29-20-8-2-1-3-9-20/h4-7,10-17,20,23H,1-3,8-9H2,(H,29,31). The van der Waals surface area contributed by atoms with Crippen LogP contribution in [-0.4, -0.2) is 27.8 Å². The molecule has 2 aromatic heterocycles. The summed E-state index contributed by atoms with van der Waals surface area (Å²) < 4.78 is 14.2. The Balaban J connectivity index is 1.78. The summed E-state index contributed by atoms with van der Waals surface area (Å²) in [4.78, 5) is 36.8. The number of pyridine rings is 2. The van der Waals surface area contributed by atoms with Crippen molar-refractivity contribution < 1.29 is 14.0 Å². The van der Waals surface area contributed by atoms with Crippen LogP contribution in [0.25, 0.3) is 0 Å². The van der Waals surface area contributed by atoms with E-state index in [4.69, 9.17) is 0 Å². The molecule has 32 heavy (non-hydrogen) atoms. The van der Waals surface area contributed by atoms with Gasteiger partial charge in [-0.3, -0.25) is 24.5 Å². The van der Waals surface area contributed by atoms with E-state index in [0.29, 0.717) is 5.56 Å². The van der Waals surface area contributed by atoms with Crippen molar-refractivity contribution in [3.63, 3.8) is 0 Å². The van der Waals surface area contributed by atoms with Crippen molar-refractivity contribution in [1.29, 1.82) is 0 Å². The molecule has 3 aromatic rings. The van der Waals surface area contributed by atoms with Crippen molar-refractivity contribution in [3.8, 4) is 0 Å². The van der Waals surface area contributed by atoms with Gasteiger partial charge in [0.2, 0.25) is 5.91 Å². The minimum Gasteiger partial charge on any atom is -0.351 e. The van der Waals surface area contributed by atoms with Gasteiger partial charge in [0.1, 0.15) is 17.6 Å². The summed E-state index contributed by atoms with van der Waals surface area (Å²) in [5, 5.41) is 3.12. The fraction of sp³-hybridized carbons (Fsp3) is 0.280. The highest BCUT2D eigenvalue weighted by Crippen LogP contribution is 2.30. The average Bonchev–Trinajstić information content (AvgIpc) is 2.83. The van der Waals surface area contributed by atoms with Gasteiger partial charge in [0, 0.05) is 30.3 Å². The van der Waals surface area contributed by atoms with Gasteiger partial charge < -0.3 is 5.32 Å². The number of aromatic nitrogens is 2. The lowest BCUT2D eigenvalue weighted by molar-refractivity contribution is -0.123. The highest BCUT2D eigenvalue weighted by atomic mass is 19.1. The van der Waals surface area contributed by atoms with E-state index in [1.54, 1.807) is 48.8 Å². The first-order chi connectivity index (χ1) is 15.6. The Hall–Kier alpha value is -3.61. The zero-order valence-corrected chi connectivity index (χ0v) is 17.7. The van der Waals surface area contributed by atoms with E-state index >= 15 is 0 Å². The monoisotopic (exact) mass is 432 g/mol. The SMILES string of the molecule is O=C(NC1CCCCC1)C(c1ccncc1)N(C(=O)c1ccccn1)c1cccc(F)c1. The quantitative estimate of drug-likeness (QED) is 0.624. The van der Waals surface area contributed by atoms with E-state index in [1.165, 1.54) is 29.3 Å². The molecule has 1 N–H and O–H groups in total. The van der Waals surface area contributed by atoms with Crippen LogP contribution >= 0.6 is 0 Å². The molecule has 7 heteroatoms. The van der Waals surface area contributed by atoms with Crippen molar-refractivity contribution in [2.24, 2.45) is 0 Å². The van der Waals surface area contributed by atoms with E-state index in [9.17, 15) is 14.0 Å². The summed E-state index contributed by atoms with van der Waals surface area (Å²) in [5.41, 5.74) is 1.03. The zero-order chi connectivity index (χ0) is 22.3.